The lowest BCUT2D eigenvalue weighted by atomic mass is 9.97. The first-order valence-corrected chi connectivity index (χ1v) is 7.04. The van der Waals surface area contributed by atoms with Gasteiger partial charge in [0.2, 0.25) is 5.91 Å². The molecule has 11 heteroatoms. The fourth-order valence-corrected chi connectivity index (χ4v) is 2.61. The zero-order chi connectivity index (χ0) is 16.4. The van der Waals surface area contributed by atoms with E-state index in [4.69, 9.17) is 0 Å². The SMILES string of the molecule is O=C(Cn1cnnn1)N1CCC[C@H](c2ncc(C(F)(F)F)[nH]2)C1. The summed E-state index contributed by atoms with van der Waals surface area (Å²) >= 11 is 0. The quantitative estimate of drug-likeness (QED) is 0.900. The Labute approximate surface area is 128 Å². The predicted octanol–water partition coefficient (Wildman–Crippen LogP) is 0.821. The van der Waals surface area contributed by atoms with Crippen LogP contribution >= 0.6 is 0 Å². The third-order valence-electron chi connectivity index (χ3n) is 3.75. The number of tetrazole rings is 1. The van der Waals surface area contributed by atoms with Crippen LogP contribution in [0.3, 0.4) is 0 Å². The molecular weight excluding hydrogens is 315 g/mol. The van der Waals surface area contributed by atoms with Crippen LogP contribution in [0.4, 0.5) is 13.2 Å². The molecule has 1 aliphatic rings. The standard InChI is InChI=1S/C12H14F3N7O/c13-12(14,15)9-4-16-11(18-9)8-2-1-3-21(5-8)10(23)6-22-7-17-19-20-22/h4,7-8H,1-3,5-6H2,(H,16,18)/t8-/m0/s1. The summed E-state index contributed by atoms with van der Waals surface area (Å²) in [6.45, 7) is 0.891. The Morgan fingerprint density at radius 3 is 2.91 bits per heavy atom. The molecule has 23 heavy (non-hydrogen) atoms. The van der Waals surface area contributed by atoms with E-state index >= 15 is 0 Å². The minimum atomic E-state index is -4.45. The lowest BCUT2D eigenvalue weighted by molar-refractivity contribution is -0.141. The highest BCUT2D eigenvalue weighted by Gasteiger charge is 2.34. The maximum absolute atomic E-state index is 12.6. The van der Waals surface area contributed by atoms with E-state index in [9.17, 15) is 18.0 Å². The van der Waals surface area contributed by atoms with E-state index in [0.717, 1.165) is 6.20 Å². The van der Waals surface area contributed by atoms with Crippen molar-refractivity contribution in [2.75, 3.05) is 13.1 Å². The number of hydrogen-bond donors (Lipinski definition) is 1. The first-order chi connectivity index (χ1) is 10.9. The summed E-state index contributed by atoms with van der Waals surface area (Å²) < 4.78 is 39.2. The lowest BCUT2D eigenvalue weighted by Crippen LogP contribution is -2.41. The van der Waals surface area contributed by atoms with Gasteiger partial charge in [-0.25, -0.2) is 9.67 Å². The second-order valence-electron chi connectivity index (χ2n) is 5.37. The van der Waals surface area contributed by atoms with Crippen LogP contribution in [0.1, 0.15) is 30.3 Å². The Hall–Kier alpha value is -2.46. The van der Waals surface area contributed by atoms with Crippen LogP contribution in [-0.4, -0.2) is 54.1 Å². The molecule has 124 valence electrons. The number of halogens is 3. The van der Waals surface area contributed by atoms with Gasteiger partial charge in [0.15, 0.2) is 0 Å². The molecule has 0 aromatic carbocycles. The van der Waals surface area contributed by atoms with Gasteiger partial charge in [0.05, 0.1) is 6.20 Å². The summed E-state index contributed by atoms with van der Waals surface area (Å²) in [5, 5.41) is 10.5. The van der Waals surface area contributed by atoms with Crippen molar-refractivity contribution in [2.45, 2.75) is 31.5 Å². The van der Waals surface area contributed by atoms with Crippen molar-refractivity contribution in [3.63, 3.8) is 0 Å². The van der Waals surface area contributed by atoms with Crippen LogP contribution in [0.25, 0.3) is 0 Å². The van der Waals surface area contributed by atoms with Crippen molar-refractivity contribution in [3.05, 3.63) is 24.0 Å². The molecule has 0 radical (unpaired) electrons. The van der Waals surface area contributed by atoms with Crippen molar-refractivity contribution >= 4 is 5.91 Å². The fourth-order valence-electron chi connectivity index (χ4n) is 2.61. The number of hydrogen-bond acceptors (Lipinski definition) is 5. The topological polar surface area (TPSA) is 92.6 Å². The number of aromatic nitrogens is 6. The Balaban J connectivity index is 1.66. The zero-order valence-corrected chi connectivity index (χ0v) is 12.0. The summed E-state index contributed by atoms with van der Waals surface area (Å²) in [4.78, 5) is 19.9. The largest absolute Gasteiger partial charge is 0.432 e. The molecule has 0 unspecified atom stereocenters. The summed E-state index contributed by atoms with van der Waals surface area (Å²) in [5.74, 6) is -0.153. The third kappa shape index (κ3) is 3.48. The van der Waals surface area contributed by atoms with E-state index in [1.807, 2.05) is 0 Å². The van der Waals surface area contributed by atoms with Crippen LogP contribution in [0.2, 0.25) is 0 Å². The molecule has 0 saturated carbocycles. The van der Waals surface area contributed by atoms with Gasteiger partial charge < -0.3 is 9.88 Å². The van der Waals surface area contributed by atoms with Gasteiger partial charge in [0.25, 0.3) is 0 Å². The van der Waals surface area contributed by atoms with Gasteiger partial charge in [-0.2, -0.15) is 13.2 Å². The molecule has 0 spiro atoms. The predicted molar refractivity (Wildman–Crippen MR) is 70.0 cm³/mol. The molecule has 0 bridgehead atoms. The molecule has 1 fully saturated rings. The van der Waals surface area contributed by atoms with E-state index < -0.39 is 11.9 Å². The molecule has 2 aromatic heterocycles. The highest BCUT2D eigenvalue weighted by atomic mass is 19.4. The molecule has 8 nitrogen and oxygen atoms in total. The second kappa shape index (κ2) is 5.97. The number of piperidine rings is 1. The minimum Gasteiger partial charge on any atom is -0.340 e. The smallest absolute Gasteiger partial charge is 0.340 e. The number of aromatic amines is 1. The molecule has 0 aliphatic carbocycles. The van der Waals surface area contributed by atoms with E-state index in [-0.39, 0.29) is 24.2 Å². The Morgan fingerprint density at radius 2 is 2.26 bits per heavy atom. The van der Waals surface area contributed by atoms with Gasteiger partial charge in [0, 0.05) is 19.0 Å². The first kappa shape index (κ1) is 15.4. The number of H-pyrrole nitrogens is 1. The molecule has 1 aliphatic heterocycles. The van der Waals surface area contributed by atoms with E-state index in [1.165, 1.54) is 11.0 Å². The first-order valence-electron chi connectivity index (χ1n) is 7.04. The van der Waals surface area contributed by atoms with Gasteiger partial charge in [-0.05, 0) is 23.3 Å². The number of nitrogens with zero attached hydrogens (tertiary/aromatic N) is 6. The summed E-state index contributed by atoms with van der Waals surface area (Å²) in [5.41, 5.74) is -0.871. The Morgan fingerprint density at radius 1 is 1.43 bits per heavy atom. The third-order valence-corrected chi connectivity index (χ3v) is 3.75. The normalized spacial score (nSPS) is 19.1. The second-order valence-corrected chi connectivity index (χ2v) is 5.37. The van der Waals surface area contributed by atoms with Crippen molar-refractivity contribution < 1.29 is 18.0 Å². The summed E-state index contributed by atoms with van der Waals surface area (Å²) in [6, 6.07) is 0. The molecule has 1 N–H and O–H groups in total. The van der Waals surface area contributed by atoms with Crippen LogP contribution in [-0.2, 0) is 17.5 Å². The van der Waals surface area contributed by atoms with E-state index in [0.29, 0.717) is 25.9 Å². The lowest BCUT2D eigenvalue weighted by Gasteiger charge is -2.31. The Kier molecular flexibility index (Phi) is 4.01. The van der Waals surface area contributed by atoms with Crippen molar-refractivity contribution in [2.24, 2.45) is 0 Å². The molecule has 1 saturated heterocycles. The monoisotopic (exact) mass is 329 g/mol. The van der Waals surface area contributed by atoms with Crippen LogP contribution in [0.5, 0.6) is 0 Å². The fraction of sp³-hybridized carbons (Fsp3) is 0.583. The number of likely N-dealkylation sites (tertiary alicyclic amines) is 1. The average Bonchev–Trinajstić information content (AvgIpc) is 3.18. The van der Waals surface area contributed by atoms with Gasteiger partial charge in [-0.3, -0.25) is 4.79 Å². The van der Waals surface area contributed by atoms with Crippen LogP contribution in [0, 0.1) is 0 Å². The van der Waals surface area contributed by atoms with Crippen LogP contribution < -0.4 is 0 Å². The summed E-state index contributed by atoms with van der Waals surface area (Å²) in [7, 11) is 0. The van der Waals surface area contributed by atoms with Gasteiger partial charge in [0.1, 0.15) is 24.4 Å². The molecule has 3 rings (SSSR count). The highest BCUT2D eigenvalue weighted by molar-refractivity contribution is 5.76. The van der Waals surface area contributed by atoms with Gasteiger partial charge in [-0.1, -0.05) is 0 Å². The number of alkyl halides is 3. The Bertz CT molecular complexity index is 667. The van der Waals surface area contributed by atoms with E-state index in [2.05, 4.69) is 25.5 Å². The zero-order valence-electron chi connectivity index (χ0n) is 12.0. The number of imidazole rings is 1. The molecule has 2 aromatic rings. The number of nitrogens with one attached hydrogen (secondary N) is 1. The maximum atomic E-state index is 12.6. The average molecular weight is 329 g/mol. The van der Waals surface area contributed by atoms with Crippen molar-refractivity contribution in [1.82, 2.24) is 35.1 Å². The van der Waals surface area contributed by atoms with Crippen molar-refractivity contribution in [3.8, 4) is 0 Å². The maximum Gasteiger partial charge on any atom is 0.432 e. The van der Waals surface area contributed by atoms with Gasteiger partial charge in [-0.15, -0.1) is 5.10 Å². The molecular formula is C12H14F3N7O. The number of amides is 1. The van der Waals surface area contributed by atoms with Crippen LogP contribution in [0.15, 0.2) is 12.5 Å². The number of rotatable bonds is 3. The van der Waals surface area contributed by atoms with E-state index in [1.54, 1.807) is 4.90 Å². The van der Waals surface area contributed by atoms with Gasteiger partial charge >= 0.3 is 6.18 Å². The summed E-state index contributed by atoms with van der Waals surface area (Å²) in [6.07, 6.45) is -0.943. The molecule has 3 heterocycles. The minimum absolute atomic E-state index is 0.00563. The highest BCUT2D eigenvalue weighted by Crippen LogP contribution is 2.31. The number of carbonyl (C=O) groups is 1. The molecule has 1 atom stereocenters. The van der Waals surface area contributed by atoms with Crippen molar-refractivity contribution in [1.29, 1.82) is 0 Å². The number of carbonyl (C=O) groups excluding carboxylic acids is 1. The molecule has 1 amide bonds.